The molecule has 4 aliphatic heterocycles. The molecule has 1 saturated carbocycles. The number of amides is 4. The van der Waals surface area contributed by atoms with Crippen LogP contribution in [0.25, 0.3) is 0 Å². The number of imide groups is 1. The maximum absolute atomic E-state index is 13.3. The summed E-state index contributed by atoms with van der Waals surface area (Å²) in [5, 5.41) is 14.7. The highest BCUT2D eigenvalue weighted by molar-refractivity contribution is 6.31. The summed E-state index contributed by atoms with van der Waals surface area (Å²) in [5.74, 6) is 0.551. The molecule has 5 aliphatic rings. The summed E-state index contributed by atoms with van der Waals surface area (Å²) >= 11 is 6.14. The Hall–Kier alpha value is -5.26. The smallest absolute Gasteiger partial charge is 0.255 e. The molecule has 56 heavy (non-hydrogen) atoms. The molecule has 2 N–H and O–H groups in total. The van der Waals surface area contributed by atoms with Crippen molar-refractivity contribution in [1.82, 2.24) is 25.1 Å². The van der Waals surface area contributed by atoms with E-state index in [0.29, 0.717) is 59.6 Å². The van der Waals surface area contributed by atoms with Crippen molar-refractivity contribution in [2.75, 3.05) is 60.9 Å². The fourth-order valence-electron chi connectivity index (χ4n) is 8.72. The van der Waals surface area contributed by atoms with Gasteiger partial charge in [0.25, 0.3) is 5.91 Å². The third kappa shape index (κ3) is 8.29. The number of fused-ring (bicyclic) bond motifs is 1. The number of nitrogens with one attached hydrogen (secondary N) is 2. The van der Waals surface area contributed by atoms with Gasteiger partial charge in [-0.2, -0.15) is 5.26 Å². The number of nitrogens with zero attached hydrogens (tertiary/aromatic N) is 7. The number of ether oxygens (including phenoxy) is 1. The Labute approximate surface area is 331 Å². The van der Waals surface area contributed by atoms with Crippen LogP contribution in [-0.2, 0) is 20.9 Å². The standard InChI is InChI=1S/C41H46ClN9O5/c42-35-20-33(8-4-28(35)21-43)56-32-6-2-27(3-7-32)38(53)47-41-44-22-31(23-45-41)49-13-11-26(12-14-49)24-48-15-17-50(18-16-48)30-5-1-29-25-51(40(55)34(29)19-30)36-9-10-37(52)46-39(36)54/h1,4-5,8,19-20,22-23,26-27,32,36H,2-3,6-7,9-18,24-25H2,(H,46,52,54)(H,44,45,47,53). The lowest BCUT2D eigenvalue weighted by Crippen LogP contribution is -2.52. The SMILES string of the molecule is N#Cc1ccc(OC2CCC(C(=O)Nc3ncc(N4CCC(CN5CCN(c6ccc7c(c6)C(=O)N(C6CCC(=O)NC6=O)C7)CC5)CC4)cn3)CC2)cc1Cl. The number of aromatic nitrogens is 2. The largest absolute Gasteiger partial charge is 0.490 e. The van der Waals surface area contributed by atoms with E-state index >= 15 is 0 Å². The monoisotopic (exact) mass is 779 g/mol. The van der Waals surface area contributed by atoms with E-state index < -0.39 is 6.04 Å². The molecule has 14 nitrogen and oxygen atoms in total. The van der Waals surface area contributed by atoms with Gasteiger partial charge in [0.15, 0.2) is 0 Å². The summed E-state index contributed by atoms with van der Waals surface area (Å²) < 4.78 is 6.07. The van der Waals surface area contributed by atoms with E-state index in [1.807, 2.05) is 12.1 Å². The highest BCUT2D eigenvalue weighted by Gasteiger charge is 2.39. The van der Waals surface area contributed by atoms with E-state index in [0.717, 1.165) is 88.4 Å². The number of nitriles is 1. The Morgan fingerprint density at radius 2 is 1.62 bits per heavy atom. The van der Waals surface area contributed by atoms with Crippen LogP contribution >= 0.6 is 11.6 Å². The Balaban J connectivity index is 0.743. The van der Waals surface area contributed by atoms with Crippen LogP contribution in [0.1, 0.15) is 72.9 Å². The van der Waals surface area contributed by atoms with Crippen LogP contribution in [0.3, 0.4) is 0 Å². The van der Waals surface area contributed by atoms with Crippen molar-refractivity contribution in [2.24, 2.45) is 11.8 Å². The molecular weight excluding hydrogens is 734 g/mol. The lowest BCUT2D eigenvalue weighted by molar-refractivity contribution is -0.137. The zero-order valence-electron chi connectivity index (χ0n) is 31.3. The van der Waals surface area contributed by atoms with E-state index in [-0.39, 0.29) is 42.1 Å². The second-order valence-corrected chi connectivity index (χ2v) is 16.0. The van der Waals surface area contributed by atoms with Crippen LogP contribution in [0, 0.1) is 23.2 Å². The van der Waals surface area contributed by atoms with E-state index in [1.54, 1.807) is 35.5 Å². The predicted octanol–water partition coefficient (Wildman–Crippen LogP) is 4.38. The first-order chi connectivity index (χ1) is 27.2. The van der Waals surface area contributed by atoms with E-state index in [2.05, 4.69) is 47.4 Å². The Kier molecular flexibility index (Phi) is 11.1. The van der Waals surface area contributed by atoms with Gasteiger partial charge in [-0.05, 0) is 80.7 Å². The molecule has 15 heteroatoms. The fourth-order valence-corrected chi connectivity index (χ4v) is 8.94. The van der Waals surface area contributed by atoms with Gasteiger partial charge in [0, 0.05) is 82.0 Å². The molecular formula is C41H46ClN9O5. The first-order valence-corrected chi connectivity index (χ1v) is 20.1. The lowest BCUT2D eigenvalue weighted by atomic mass is 9.87. The fraction of sp³-hybridized carbons (Fsp3) is 0.488. The second-order valence-electron chi connectivity index (χ2n) is 15.6. The average molecular weight is 780 g/mol. The maximum Gasteiger partial charge on any atom is 0.255 e. The molecule has 5 heterocycles. The van der Waals surface area contributed by atoms with Crippen molar-refractivity contribution in [1.29, 1.82) is 5.26 Å². The number of piperazine rings is 1. The molecule has 4 amide bonds. The molecule has 0 radical (unpaired) electrons. The van der Waals surface area contributed by atoms with Crippen molar-refractivity contribution < 1.29 is 23.9 Å². The van der Waals surface area contributed by atoms with Gasteiger partial charge in [0.05, 0.1) is 34.8 Å². The van der Waals surface area contributed by atoms with Gasteiger partial charge < -0.3 is 19.4 Å². The molecule has 292 valence electrons. The quantitative estimate of drug-likeness (QED) is 0.297. The number of carbonyl (C=O) groups excluding carboxylic acids is 4. The van der Waals surface area contributed by atoms with E-state index in [9.17, 15) is 19.2 Å². The normalized spacial score (nSPS) is 23.4. The Morgan fingerprint density at radius 1 is 0.893 bits per heavy atom. The summed E-state index contributed by atoms with van der Waals surface area (Å²) in [5.41, 5.74) is 3.98. The number of hydrogen-bond donors (Lipinski definition) is 2. The lowest BCUT2D eigenvalue weighted by Gasteiger charge is -2.40. The first kappa shape index (κ1) is 37.7. The van der Waals surface area contributed by atoms with Gasteiger partial charge in [-0.1, -0.05) is 17.7 Å². The second kappa shape index (κ2) is 16.5. The molecule has 1 unspecified atom stereocenters. The van der Waals surface area contributed by atoms with Gasteiger partial charge in [-0.15, -0.1) is 0 Å². The maximum atomic E-state index is 13.3. The predicted molar refractivity (Wildman–Crippen MR) is 209 cm³/mol. The van der Waals surface area contributed by atoms with Crippen LogP contribution < -0.4 is 25.2 Å². The molecule has 1 aromatic heterocycles. The molecule has 3 aromatic rings. The molecule has 0 bridgehead atoms. The zero-order chi connectivity index (χ0) is 38.8. The molecule has 4 fully saturated rings. The third-order valence-electron chi connectivity index (χ3n) is 12.0. The van der Waals surface area contributed by atoms with Gasteiger partial charge >= 0.3 is 0 Å². The van der Waals surface area contributed by atoms with Crippen molar-refractivity contribution >= 4 is 52.6 Å². The van der Waals surface area contributed by atoms with Crippen LogP contribution in [0.2, 0.25) is 5.02 Å². The minimum absolute atomic E-state index is 0.00719. The first-order valence-electron chi connectivity index (χ1n) is 19.7. The van der Waals surface area contributed by atoms with Crippen molar-refractivity contribution in [3.8, 4) is 11.8 Å². The molecule has 0 spiro atoms. The van der Waals surface area contributed by atoms with E-state index in [1.165, 1.54) is 0 Å². The number of rotatable bonds is 9. The number of anilines is 3. The summed E-state index contributed by atoms with van der Waals surface area (Å²) in [4.78, 5) is 68.1. The molecule has 1 atom stereocenters. The minimum atomic E-state index is -0.603. The van der Waals surface area contributed by atoms with E-state index in [4.69, 9.17) is 21.6 Å². The summed E-state index contributed by atoms with van der Waals surface area (Å²) in [7, 11) is 0. The van der Waals surface area contributed by atoms with Crippen molar-refractivity contribution in [3.63, 3.8) is 0 Å². The third-order valence-corrected chi connectivity index (χ3v) is 12.3. The van der Waals surface area contributed by atoms with Crippen LogP contribution in [0.15, 0.2) is 48.8 Å². The number of benzene rings is 2. The Morgan fingerprint density at radius 3 is 2.32 bits per heavy atom. The topological polar surface area (TPSA) is 164 Å². The summed E-state index contributed by atoms with van der Waals surface area (Å²) in [6.07, 6.45) is 9.27. The molecule has 2 aromatic carbocycles. The summed E-state index contributed by atoms with van der Waals surface area (Å²) in [6, 6.07) is 12.6. The molecule has 1 aliphatic carbocycles. The van der Waals surface area contributed by atoms with Crippen LogP contribution in [0.5, 0.6) is 5.75 Å². The minimum Gasteiger partial charge on any atom is -0.490 e. The number of carbonyl (C=O) groups is 4. The number of hydrogen-bond acceptors (Lipinski definition) is 11. The average Bonchev–Trinajstić information content (AvgIpc) is 3.54. The number of piperidine rings is 2. The zero-order valence-corrected chi connectivity index (χ0v) is 32.0. The van der Waals surface area contributed by atoms with Gasteiger partial charge in [0.1, 0.15) is 17.9 Å². The Bertz CT molecular complexity index is 2020. The van der Waals surface area contributed by atoms with Crippen molar-refractivity contribution in [2.45, 2.75) is 70.1 Å². The molecule has 8 rings (SSSR count). The summed E-state index contributed by atoms with van der Waals surface area (Å²) in [6.45, 7) is 6.99. The van der Waals surface area contributed by atoms with Gasteiger partial charge in [0.2, 0.25) is 23.7 Å². The highest BCUT2D eigenvalue weighted by atomic mass is 35.5. The van der Waals surface area contributed by atoms with Gasteiger partial charge in [-0.3, -0.25) is 34.7 Å². The van der Waals surface area contributed by atoms with Gasteiger partial charge in [-0.25, -0.2) is 9.97 Å². The highest BCUT2D eigenvalue weighted by Crippen LogP contribution is 2.33. The molecule has 3 saturated heterocycles. The van der Waals surface area contributed by atoms with Crippen LogP contribution in [0.4, 0.5) is 17.3 Å². The number of halogens is 1. The van der Waals surface area contributed by atoms with Crippen molar-refractivity contribution in [3.05, 3.63) is 70.5 Å². The van der Waals surface area contributed by atoms with Crippen LogP contribution in [-0.4, -0.2) is 101 Å².